The molecule has 1 aromatic rings. The van der Waals surface area contributed by atoms with Gasteiger partial charge in [-0.1, -0.05) is 0 Å². The molecule has 0 radical (unpaired) electrons. The van der Waals surface area contributed by atoms with Crippen LogP contribution in [-0.2, 0) is 9.53 Å². The summed E-state index contributed by atoms with van der Waals surface area (Å²) in [5, 5.41) is 9.66. The second-order valence-corrected chi connectivity index (χ2v) is 6.81. The third-order valence-electron chi connectivity index (χ3n) is 4.87. The number of methoxy groups -OCH3 is 1. The molecule has 1 saturated carbocycles. The number of carbonyl (C=O) groups is 2. The Kier molecular flexibility index (Phi) is 4.39. The van der Waals surface area contributed by atoms with Gasteiger partial charge in [-0.2, -0.15) is 5.10 Å². The molecule has 1 unspecified atom stereocenters. The quantitative estimate of drug-likeness (QED) is 0.845. The largest absolute Gasteiger partial charge is 0.371 e. The summed E-state index contributed by atoms with van der Waals surface area (Å²) in [5.74, 6) is 0.306. The number of carbonyl (C=O) groups excluding carboxylic acids is 2. The van der Waals surface area contributed by atoms with Crippen molar-refractivity contribution in [3.8, 4) is 0 Å². The van der Waals surface area contributed by atoms with Crippen LogP contribution in [0.15, 0.2) is 12.3 Å². The predicted octanol–water partition coefficient (Wildman–Crippen LogP) is 0.946. The van der Waals surface area contributed by atoms with Crippen molar-refractivity contribution in [3.05, 3.63) is 18.0 Å². The molecule has 0 aromatic carbocycles. The number of likely N-dealkylation sites (tertiary alicyclic amines) is 1. The molecule has 126 valence electrons. The summed E-state index contributed by atoms with van der Waals surface area (Å²) in [4.78, 5) is 26.5. The van der Waals surface area contributed by atoms with Crippen molar-refractivity contribution < 1.29 is 14.3 Å². The minimum atomic E-state index is -0.337. The lowest BCUT2D eigenvalue weighted by Gasteiger charge is -2.40. The van der Waals surface area contributed by atoms with E-state index in [-0.39, 0.29) is 23.5 Å². The zero-order valence-electron chi connectivity index (χ0n) is 13.7. The lowest BCUT2D eigenvalue weighted by atomic mass is 9.89. The second-order valence-electron chi connectivity index (χ2n) is 6.81. The molecule has 7 nitrogen and oxygen atoms in total. The minimum Gasteiger partial charge on any atom is -0.371 e. The Labute approximate surface area is 135 Å². The average molecular weight is 320 g/mol. The van der Waals surface area contributed by atoms with E-state index in [2.05, 4.69) is 15.5 Å². The summed E-state index contributed by atoms with van der Waals surface area (Å²) in [6.07, 6.45) is 4.84. The normalized spacial score (nSPS) is 21.7. The molecular formula is C16H24N4O3. The summed E-state index contributed by atoms with van der Waals surface area (Å²) in [6.45, 7) is 3.29. The molecule has 0 bridgehead atoms. The summed E-state index contributed by atoms with van der Waals surface area (Å²) in [7, 11) is 1.59. The molecule has 2 N–H and O–H groups in total. The molecule has 1 atom stereocenters. The first kappa shape index (κ1) is 16.0. The zero-order chi connectivity index (χ0) is 16.4. The molecule has 1 aromatic heterocycles. The molecule has 1 aliphatic heterocycles. The Morgan fingerprint density at radius 3 is 2.65 bits per heavy atom. The highest BCUT2D eigenvalue weighted by molar-refractivity contribution is 5.92. The number of nitrogens with one attached hydrogen (secondary N) is 2. The number of nitrogens with zero attached hydrogens (tertiary/aromatic N) is 2. The molecule has 7 heteroatoms. The first-order valence-electron chi connectivity index (χ1n) is 8.16. The van der Waals surface area contributed by atoms with Gasteiger partial charge in [0.1, 0.15) is 11.8 Å². The third kappa shape index (κ3) is 3.55. The minimum absolute atomic E-state index is 0.0224. The van der Waals surface area contributed by atoms with E-state index in [0.29, 0.717) is 24.7 Å². The first-order valence-corrected chi connectivity index (χ1v) is 8.16. The molecule has 1 saturated heterocycles. The van der Waals surface area contributed by atoms with Crippen molar-refractivity contribution in [3.63, 3.8) is 0 Å². The highest BCUT2D eigenvalue weighted by Gasteiger charge is 2.40. The molecule has 23 heavy (non-hydrogen) atoms. The van der Waals surface area contributed by atoms with E-state index in [0.717, 1.165) is 25.7 Å². The number of H-pyrrole nitrogens is 1. The van der Waals surface area contributed by atoms with Crippen molar-refractivity contribution in [1.29, 1.82) is 0 Å². The second kappa shape index (κ2) is 6.31. The summed E-state index contributed by atoms with van der Waals surface area (Å²) in [6, 6.07) is 1.68. The van der Waals surface area contributed by atoms with E-state index >= 15 is 0 Å². The van der Waals surface area contributed by atoms with Gasteiger partial charge in [-0.3, -0.25) is 14.7 Å². The fraction of sp³-hybridized carbons (Fsp3) is 0.688. The standard InChI is InChI=1S/C16H24N4O3/c1-16(18-14(21)13(23-2)11-3-4-11)6-9-20(10-7-16)15(22)12-5-8-17-19-12/h5,8,11,13H,3-4,6-7,9-10H2,1-2H3,(H,17,19)(H,18,21). The maximum atomic E-state index is 12.4. The van der Waals surface area contributed by atoms with Crippen LogP contribution >= 0.6 is 0 Å². The average Bonchev–Trinajstić information content (AvgIpc) is 3.20. The van der Waals surface area contributed by atoms with Crippen molar-refractivity contribution >= 4 is 11.8 Å². The Morgan fingerprint density at radius 1 is 1.43 bits per heavy atom. The van der Waals surface area contributed by atoms with Gasteiger partial charge in [0.15, 0.2) is 0 Å². The van der Waals surface area contributed by atoms with Crippen LogP contribution in [0.3, 0.4) is 0 Å². The van der Waals surface area contributed by atoms with Gasteiger partial charge in [0, 0.05) is 31.9 Å². The van der Waals surface area contributed by atoms with Gasteiger partial charge in [0.25, 0.3) is 5.91 Å². The topological polar surface area (TPSA) is 87.3 Å². The smallest absolute Gasteiger partial charge is 0.271 e. The van der Waals surface area contributed by atoms with Crippen LogP contribution < -0.4 is 5.32 Å². The van der Waals surface area contributed by atoms with E-state index in [9.17, 15) is 9.59 Å². The van der Waals surface area contributed by atoms with Crippen LogP contribution in [0.4, 0.5) is 0 Å². The molecule has 0 spiro atoms. The van der Waals surface area contributed by atoms with Gasteiger partial charge in [-0.25, -0.2) is 0 Å². The van der Waals surface area contributed by atoms with Crippen LogP contribution in [0.5, 0.6) is 0 Å². The van der Waals surface area contributed by atoms with Crippen molar-refractivity contribution in [2.45, 2.75) is 44.2 Å². The summed E-state index contributed by atoms with van der Waals surface area (Å²) in [5.41, 5.74) is 0.221. The predicted molar refractivity (Wildman–Crippen MR) is 83.8 cm³/mol. The molecule has 3 rings (SSSR count). The Bertz CT molecular complexity index is 560. The Morgan fingerprint density at radius 2 is 2.13 bits per heavy atom. The third-order valence-corrected chi connectivity index (χ3v) is 4.87. The fourth-order valence-electron chi connectivity index (χ4n) is 3.15. The number of aromatic amines is 1. The lowest BCUT2D eigenvalue weighted by Crippen LogP contribution is -2.56. The Hall–Kier alpha value is -1.89. The van der Waals surface area contributed by atoms with Gasteiger partial charge in [0.05, 0.1) is 0 Å². The molecular weight excluding hydrogens is 296 g/mol. The highest BCUT2D eigenvalue weighted by atomic mass is 16.5. The molecule has 2 aliphatic rings. The van der Waals surface area contributed by atoms with Gasteiger partial charge < -0.3 is 15.0 Å². The lowest BCUT2D eigenvalue weighted by molar-refractivity contribution is -0.134. The van der Waals surface area contributed by atoms with Crippen LogP contribution in [0.1, 0.15) is 43.1 Å². The molecule has 1 aliphatic carbocycles. The van der Waals surface area contributed by atoms with Crippen LogP contribution in [-0.4, -0.2) is 58.8 Å². The summed E-state index contributed by atoms with van der Waals surface area (Å²) < 4.78 is 5.34. The van der Waals surface area contributed by atoms with Crippen molar-refractivity contribution in [2.75, 3.05) is 20.2 Å². The fourth-order valence-corrected chi connectivity index (χ4v) is 3.15. The first-order chi connectivity index (χ1) is 11.0. The zero-order valence-corrected chi connectivity index (χ0v) is 13.7. The SMILES string of the molecule is COC(C(=O)NC1(C)CCN(C(=O)c2ccn[nH]2)CC1)C1CC1. The number of hydrogen-bond donors (Lipinski definition) is 2. The number of hydrogen-bond acceptors (Lipinski definition) is 4. The maximum Gasteiger partial charge on any atom is 0.271 e. The number of piperidine rings is 1. The van der Waals surface area contributed by atoms with Gasteiger partial charge in [0.2, 0.25) is 5.91 Å². The van der Waals surface area contributed by atoms with E-state index in [1.165, 1.54) is 0 Å². The van der Waals surface area contributed by atoms with Crippen LogP contribution in [0.25, 0.3) is 0 Å². The monoisotopic (exact) mass is 320 g/mol. The van der Waals surface area contributed by atoms with Crippen molar-refractivity contribution in [2.24, 2.45) is 5.92 Å². The van der Waals surface area contributed by atoms with Crippen LogP contribution in [0.2, 0.25) is 0 Å². The molecule has 2 amide bonds. The van der Waals surface area contributed by atoms with Crippen molar-refractivity contribution in [1.82, 2.24) is 20.4 Å². The van der Waals surface area contributed by atoms with E-state index < -0.39 is 0 Å². The summed E-state index contributed by atoms with van der Waals surface area (Å²) >= 11 is 0. The van der Waals surface area contributed by atoms with Gasteiger partial charge >= 0.3 is 0 Å². The number of rotatable bonds is 5. The van der Waals surface area contributed by atoms with E-state index in [4.69, 9.17) is 4.74 Å². The van der Waals surface area contributed by atoms with E-state index in [1.54, 1.807) is 24.3 Å². The number of amides is 2. The Balaban J connectivity index is 1.54. The molecule has 2 fully saturated rings. The highest BCUT2D eigenvalue weighted by Crippen LogP contribution is 2.34. The number of aromatic nitrogens is 2. The van der Waals surface area contributed by atoms with E-state index in [1.807, 2.05) is 6.92 Å². The maximum absolute atomic E-state index is 12.4. The van der Waals surface area contributed by atoms with Gasteiger partial charge in [-0.15, -0.1) is 0 Å². The molecule has 2 heterocycles. The number of ether oxygens (including phenoxy) is 1. The van der Waals surface area contributed by atoms with Crippen LogP contribution in [0, 0.1) is 5.92 Å². The van der Waals surface area contributed by atoms with Gasteiger partial charge in [-0.05, 0) is 44.6 Å².